The molecule has 0 unspecified atom stereocenters. The molecule has 0 saturated heterocycles. The molecule has 0 aliphatic heterocycles. The van der Waals surface area contributed by atoms with Crippen LogP contribution in [-0.4, -0.2) is 23.8 Å². The van der Waals surface area contributed by atoms with Gasteiger partial charge < -0.3 is 10.2 Å². The third-order valence-corrected chi connectivity index (χ3v) is 4.80. The maximum Gasteiger partial charge on any atom is 0.256 e. The maximum absolute atomic E-state index is 12.9. The van der Waals surface area contributed by atoms with Gasteiger partial charge >= 0.3 is 0 Å². The molecule has 0 bridgehead atoms. The van der Waals surface area contributed by atoms with Crippen LogP contribution in [0, 0.1) is 0 Å². The minimum absolute atomic E-state index is 0.142. The predicted molar refractivity (Wildman–Crippen MR) is 111 cm³/mol. The van der Waals surface area contributed by atoms with E-state index in [0.717, 1.165) is 10.4 Å². The van der Waals surface area contributed by atoms with Gasteiger partial charge in [0.25, 0.3) is 5.91 Å². The Labute approximate surface area is 162 Å². The number of hydrogen-bond donors (Lipinski definition) is 1. The van der Waals surface area contributed by atoms with Crippen molar-refractivity contribution in [3.63, 3.8) is 0 Å². The van der Waals surface area contributed by atoms with Crippen LogP contribution in [0.25, 0.3) is 6.08 Å². The lowest BCUT2D eigenvalue weighted by Crippen LogP contribution is -2.27. The summed E-state index contributed by atoms with van der Waals surface area (Å²) < 4.78 is 0. The van der Waals surface area contributed by atoms with Crippen molar-refractivity contribution in [1.29, 1.82) is 0 Å². The zero-order chi connectivity index (χ0) is 19.1. The molecule has 0 saturated carbocycles. The summed E-state index contributed by atoms with van der Waals surface area (Å²) >= 11 is 1.56. The van der Waals surface area contributed by atoms with E-state index in [0.29, 0.717) is 17.8 Å². The van der Waals surface area contributed by atoms with Gasteiger partial charge in [-0.2, -0.15) is 0 Å². The minimum atomic E-state index is -0.269. The molecule has 0 radical (unpaired) electrons. The first kappa shape index (κ1) is 18.6. The number of rotatable bonds is 6. The molecule has 0 fully saturated rings. The van der Waals surface area contributed by atoms with Gasteiger partial charge in [0.2, 0.25) is 5.91 Å². The quantitative estimate of drug-likeness (QED) is 0.636. The summed E-state index contributed by atoms with van der Waals surface area (Å²) in [4.78, 5) is 27.7. The van der Waals surface area contributed by atoms with E-state index in [2.05, 4.69) is 5.32 Å². The van der Waals surface area contributed by atoms with Gasteiger partial charge in [0.15, 0.2) is 0 Å². The summed E-state index contributed by atoms with van der Waals surface area (Å²) in [6, 6.07) is 20.7. The minimum Gasteiger partial charge on any atom is -0.337 e. The average Bonchev–Trinajstić information content (AvgIpc) is 3.21. The second-order valence-electron chi connectivity index (χ2n) is 6.03. The number of amides is 2. The van der Waals surface area contributed by atoms with Gasteiger partial charge in [-0.3, -0.25) is 9.59 Å². The number of nitrogens with zero attached hydrogens (tertiary/aromatic N) is 1. The van der Waals surface area contributed by atoms with Crippen molar-refractivity contribution < 1.29 is 9.59 Å². The molecule has 2 amide bonds. The van der Waals surface area contributed by atoms with E-state index in [1.54, 1.807) is 53.6 Å². The molecule has 4 nitrogen and oxygen atoms in total. The molecule has 1 heterocycles. The van der Waals surface area contributed by atoms with E-state index in [1.807, 2.05) is 47.8 Å². The Morgan fingerprint density at radius 3 is 2.48 bits per heavy atom. The van der Waals surface area contributed by atoms with Crippen molar-refractivity contribution in [3.05, 3.63) is 94.2 Å². The number of hydrogen-bond acceptors (Lipinski definition) is 3. The molecule has 5 heteroatoms. The largest absolute Gasteiger partial charge is 0.337 e. The second kappa shape index (κ2) is 8.96. The highest BCUT2D eigenvalue weighted by molar-refractivity contribution is 7.10. The van der Waals surface area contributed by atoms with Crippen molar-refractivity contribution in [1.82, 2.24) is 4.90 Å². The zero-order valence-corrected chi connectivity index (χ0v) is 15.8. The Morgan fingerprint density at radius 1 is 1.00 bits per heavy atom. The highest BCUT2D eigenvalue weighted by Gasteiger charge is 2.16. The van der Waals surface area contributed by atoms with Crippen molar-refractivity contribution in [2.75, 3.05) is 12.4 Å². The van der Waals surface area contributed by atoms with Gasteiger partial charge in [-0.1, -0.05) is 48.5 Å². The number of nitrogens with one attached hydrogen (secondary N) is 1. The molecule has 136 valence electrons. The Hall–Kier alpha value is -3.18. The molecule has 27 heavy (non-hydrogen) atoms. The van der Waals surface area contributed by atoms with Gasteiger partial charge in [-0.15, -0.1) is 11.3 Å². The number of para-hydroxylation sites is 1. The second-order valence-corrected chi connectivity index (χ2v) is 7.01. The number of carbonyl (C=O) groups is 2. The van der Waals surface area contributed by atoms with Crippen molar-refractivity contribution in [2.24, 2.45) is 0 Å². The summed E-state index contributed by atoms with van der Waals surface area (Å²) in [6.07, 6.45) is 3.23. The summed E-state index contributed by atoms with van der Waals surface area (Å²) in [7, 11) is 1.75. The fraction of sp³-hybridized carbons (Fsp3) is 0.0909. The molecule has 0 atom stereocenters. The molecule has 2 aromatic carbocycles. The van der Waals surface area contributed by atoms with Crippen molar-refractivity contribution in [3.8, 4) is 0 Å². The van der Waals surface area contributed by atoms with Crippen LogP contribution >= 0.6 is 11.3 Å². The van der Waals surface area contributed by atoms with Crippen LogP contribution < -0.4 is 5.32 Å². The Kier molecular flexibility index (Phi) is 6.18. The highest BCUT2D eigenvalue weighted by atomic mass is 32.1. The lowest BCUT2D eigenvalue weighted by molar-refractivity contribution is -0.111. The summed E-state index contributed by atoms with van der Waals surface area (Å²) in [6.45, 7) is 0.500. The van der Waals surface area contributed by atoms with Gasteiger partial charge in [0.1, 0.15) is 0 Å². The number of carbonyl (C=O) groups excluding carboxylic acids is 2. The Bertz CT molecular complexity index is 934. The van der Waals surface area contributed by atoms with Gasteiger partial charge in [-0.25, -0.2) is 0 Å². The lowest BCUT2D eigenvalue weighted by Gasteiger charge is -2.19. The standard InChI is InChI=1S/C22H20N2O2S/c1-24(16-17-8-3-2-4-9-17)22(26)19-11-5-6-12-20(19)23-21(25)14-13-18-10-7-15-27-18/h2-15H,16H2,1H3,(H,23,25). The molecule has 0 aliphatic rings. The number of anilines is 1. The molecule has 3 rings (SSSR count). The first-order chi connectivity index (χ1) is 13.1. The molecule has 0 spiro atoms. The molecular weight excluding hydrogens is 356 g/mol. The third kappa shape index (κ3) is 5.15. The molecule has 1 aromatic heterocycles. The molecular formula is C22H20N2O2S. The van der Waals surface area contributed by atoms with Gasteiger partial charge in [0, 0.05) is 24.5 Å². The average molecular weight is 376 g/mol. The lowest BCUT2D eigenvalue weighted by atomic mass is 10.1. The van der Waals surface area contributed by atoms with Crippen LogP contribution in [0.2, 0.25) is 0 Å². The SMILES string of the molecule is CN(Cc1ccccc1)C(=O)c1ccccc1NC(=O)C=Cc1cccs1. The normalized spacial score (nSPS) is 10.7. The Morgan fingerprint density at radius 2 is 1.74 bits per heavy atom. The van der Waals surface area contributed by atoms with Crippen LogP contribution in [0.5, 0.6) is 0 Å². The maximum atomic E-state index is 12.9. The van der Waals surface area contributed by atoms with Crippen molar-refractivity contribution >= 4 is 34.9 Å². The summed E-state index contributed by atoms with van der Waals surface area (Å²) in [5, 5.41) is 4.76. The summed E-state index contributed by atoms with van der Waals surface area (Å²) in [5.41, 5.74) is 2.02. The van der Waals surface area contributed by atoms with E-state index in [-0.39, 0.29) is 11.8 Å². The van der Waals surface area contributed by atoms with Crippen LogP contribution in [0.4, 0.5) is 5.69 Å². The van der Waals surface area contributed by atoms with Gasteiger partial charge in [0.05, 0.1) is 11.3 Å². The van der Waals surface area contributed by atoms with Crippen LogP contribution in [0.3, 0.4) is 0 Å². The van der Waals surface area contributed by atoms with E-state index in [1.165, 1.54) is 6.08 Å². The third-order valence-electron chi connectivity index (χ3n) is 3.97. The van der Waals surface area contributed by atoms with E-state index < -0.39 is 0 Å². The molecule has 0 aliphatic carbocycles. The summed E-state index contributed by atoms with van der Waals surface area (Å²) in [5.74, 6) is -0.411. The fourth-order valence-electron chi connectivity index (χ4n) is 2.63. The monoisotopic (exact) mass is 376 g/mol. The van der Waals surface area contributed by atoms with Crippen LogP contribution in [0.1, 0.15) is 20.8 Å². The predicted octanol–water partition coefficient (Wildman–Crippen LogP) is 4.67. The first-order valence-electron chi connectivity index (χ1n) is 8.54. The Balaban J connectivity index is 1.71. The topological polar surface area (TPSA) is 49.4 Å². The number of benzene rings is 2. The smallest absolute Gasteiger partial charge is 0.256 e. The molecule has 1 N–H and O–H groups in total. The van der Waals surface area contributed by atoms with E-state index in [4.69, 9.17) is 0 Å². The molecule has 3 aromatic rings. The fourth-order valence-corrected chi connectivity index (χ4v) is 3.25. The van der Waals surface area contributed by atoms with E-state index >= 15 is 0 Å². The van der Waals surface area contributed by atoms with Crippen LogP contribution in [0.15, 0.2) is 78.2 Å². The van der Waals surface area contributed by atoms with Crippen LogP contribution in [-0.2, 0) is 11.3 Å². The van der Waals surface area contributed by atoms with Gasteiger partial charge in [-0.05, 0) is 35.2 Å². The van der Waals surface area contributed by atoms with E-state index in [9.17, 15) is 9.59 Å². The highest BCUT2D eigenvalue weighted by Crippen LogP contribution is 2.18. The zero-order valence-electron chi connectivity index (χ0n) is 15.0. The van der Waals surface area contributed by atoms with Crippen molar-refractivity contribution in [2.45, 2.75) is 6.54 Å². The first-order valence-corrected chi connectivity index (χ1v) is 9.42. The number of thiophene rings is 1.